The summed E-state index contributed by atoms with van der Waals surface area (Å²) in [6.45, 7) is 4.00. The molecule has 0 aliphatic heterocycles. The van der Waals surface area contributed by atoms with E-state index < -0.39 is 0 Å². The molecule has 0 spiro atoms. The van der Waals surface area contributed by atoms with Crippen LogP contribution in [-0.2, 0) is 9.53 Å². The van der Waals surface area contributed by atoms with Crippen LogP contribution in [0.5, 0.6) is 0 Å². The summed E-state index contributed by atoms with van der Waals surface area (Å²) >= 11 is 0. The Bertz CT molecular complexity index is 982. The number of ether oxygens (including phenoxy) is 1. The highest BCUT2D eigenvalue weighted by molar-refractivity contribution is 5.82. The quantitative estimate of drug-likeness (QED) is 0.490. The van der Waals surface area contributed by atoms with Gasteiger partial charge < -0.3 is 4.74 Å². The molecule has 0 aliphatic carbocycles. The van der Waals surface area contributed by atoms with Crippen molar-refractivity contribution < 1.29 is 9.53 Å². The van der Waals surface area contributed by atoms with Gasteiger partial charge in [-0.15, -0.1) is 0 Å². The Morgan fingerprint density at radius 1 is 1.00 bits per heavy atom. The van der Waals surface area contributed by atoms with E-state index in [4.69, 9.17) is 9.72 Å². The Kier molecular flexibility index (Phi) is 6.90. The van der Waals surface area contributed by atoms with Crippen molar-refractivity contribution in [1.29, 1.82) is 0 Å². The highest BCUT2D eigenvalue weighted by Crippen LogP contribution is 2.33. The summed E-state index contributed by atoms with van der Waals surface area (Å²) in [5.74, 6) is -0.00950. The normalized spacial score (nSPS) is 12.1. The van der Waals surface area contributed by atoms with Crippen molar-refractivity contribution >= 4 is 18.1 Å². The summed E-state index contributed by atoms with van der Waals surface area (Å²) in [6, 6.07) is 20.0. The Hall–Kier alpha value is -3.27. The van der Waals surface area contributed by atoms with Crippen LogP contribution in [0.1, 0.15) is 48.3 Å². The molecule has 3 rings (SSSR count). The maximum Gasteiger partial charge on any atom is 0.313 e. The third-order valence-electron chi connectivity index (χ3n) is 4.84. The molecule has 148 valence electrons. The number of aryl methyl sites for hydroxylation is 1. The number of hydrogen-bond acceptors (Lipinski definition) is 4. The van der Waals surface area contributed by atoms with E-state index in [1.54, 1.807) is 0 Å². The largest absolute Gasteiger partial charge is 0.469 e. The van der Waals surface area contributed by atoms with E-state index in [0.717, 1.165) is 34.5 Å². The molecule has 0 amide bonds. The summed E-state index contributed by atoms with van der Waals surface area (Å²) in [6.07, 6.45) is 5.46. The number of aromatic nitrogens is 2. The maximum absolute atomic E-state index is 12.5. The molecule has 4 nitrogen and oxygen atoms in total. The Morgan fingerprint density at radius 2 is 1.66 bits per heavy atom. The molecule has 0 aliphatic rings. The third kappa shape index (κ3) is 4.96. The summed E-state index contributed by atoms with van der Waals surface area (Å²) < 4.78 is 5.09. The number of carbonyl (C=O) groups excluding carboxylic acids is 1. The van der Waals surface area contributed by atoms with Crippen molar-refractivity contribution in [3.63, 3.8) is 0 Å². The average Bonchev–Trinajstić information content (AvgIpc) is 2.77. The van der Waals surface area contributed by atoms with Gasteiger partial charge in [-0.05, 0) is 25.0 Å². The summed E-state index contributed by atoms with van der Waals surface area (Å²) in [5.41, 5.74) is 4.48. The van der Waals surface area contributed by atoms with Gasteiger partial charge in [0.05, 0.1) is 18.7 Å². The molecule has 0 radical (unpaired) electrons. The minimum Gasteiger partial charge on any atom is -0.469 e. The Morgan fingerprint density at radius 3 is 2.28 bits per heavy atom. The van der Waals surface area contributed by atoms with E-state index in [-0.39, 0.29) is 11.9 Å². The fourth-order valence-electron chi connectivity index (χ4n) is 3.46. The van der Waals surface area contributed by atoms with Gasteiger partial charge in [-0.25, -0.2) is 9.97 Å². The number of rotatable bonds is 7. The van der Waals surface area contributed by atoms with E-state index >= 15 is 0 Å². The average molecular weight is 386 g/mol. The Labute approximate surface area is 172 Å². The van der Waals surface area contributed by atoms with Gasteiger partial charge in [0.25, 0.3) is 0 Å². The lowest BCUT2D eigenvalue weighted by atomic mass is 9.89. The van der Waals surface area contributed by atoms with E-state index in [2.05, 4.69) is 11.9 Å². The standard InChI is InChI=1S/C25H26N2O2/c1-4-11-21(25(28)29-3)23-18(2)26-22(17-16-19-12-7-5-8-13-19)27-24(23)20-14-9-6-10-15-20/h5-10,12-17,21H,4,11H2,1-3H3. The molecule has 0 saturated carbocycles. The molecule has 4 heteroatoms. The summed E-state index contributed by atoms with van der Waals surface area (Å²) in [7, 11) is 1.43. The van der Waals surface area contributed by atoms with Gasteiger partial charge in [0.2, 0.25) is 0 Å². The lowest BCUT2D eigenvalue weighted by Crippen LogP contribution is -2.18. The van der Waals surface area contributed by atoms with Gasteiger partial charge in [0.15, 0.2) is 5.82 Å². The van der Waals surface area contributed by atoms with Gasteiger partial charge >= 0.3 is 5.97 Å². The van der Waals surface area contributed by atoms with Crippen molar-refractivity contribution in [3.05, 3.63) is 83.3 Å². The first-order valence-corrected chi connectivity index (χ1v) is 9.89. The number of nitrogens with zero attached hydrogens (tertiary/aromatic N) is 2. The molecule has 0 N–H and O–H groups in total. The van der Waals surface area contributed by atoms with E-state index in [1.165, 1.54) is 7.11 Å². The van der Waals surface area contributed by atoms with Gasteiger partial charge in [-0.3, -0.25) is 4.79 Å². The molecule has 1 aromatic heterocycles. The number of carbonyl (C=O) groups is 1. The number of benzene rings is 2. The molecular formula is C25H26N2O2. The van der Waals surface area contributed by atoms with Crippen LogP contribution in [-0.4, -0.2) is 23.0 Å². The first-order valence-electron chi connectivity index (χ1n) is 9.89. The third-order valence-corrected chi connectivity index (χ3v) is 4.84. The van der Waals surface area contributed by atoms with Crippen LogP contribution in [0.4, 0.5) is 0 Å². The van der Waals surface area contributed by atoms with Crippen molar-refractivity contribution in [2.75, 3.05) is 7.11 Å². The summed E-state index contributed by atoms with van der Waals surface area (Å²) in [5, 5.41) is 0. The van der Waals surface area contributed by atoms with Gasteiger partial charge in [0.1, 0.15) is 0 Å². The van der Waals surface area contributed by atoms with Crippen molar-refractivity contribution in [3.8, 4) is 11.3 Å². The molecule has 1 unspecified atom stereocenters. The van der Waals surface area contributed by atoms with Crippen LogP contribution in [0.3, 0.4) is 0 Å². The van der Waals surface area contributed by atoms with Crippen LogP contribution in [0.2, 0.25) is 0 Å². The SMILES string of the molecule is CCCC(C(=O)OC)c1c(C)nc(C=Cc2ccccc2)nc1-c1ccccc1. The predicted molar refractivity (Wildman–Crippen MR) is 117 cm³/mol. The number of esters is 1. The lowest BCUT2D eigenvalue weighted by molar-refractivity contribution is -0.142. The topological polar surface area (TPSA) is 52.1 Å². The van der Waals surface area contributed by atoms with Crippen LogP contribution in [0.25, 0.3) is 23.4 Å². The van der Waals surface area contributed by atoms with Crippen LogP contribution in [0, 0.1) is 6.92 Å². The maximum atomic E-state index is 12.5. The number of hydrogen-bond donors (Lipinski definition) is 0. The molecule has 0 saturated heterocycles. The van der Waals surface area contributed by atoms with Crippen molar-refractivity contribution in [2.45, 2.75) is 32.6 Å². The highest BCUT2D eigenvalue weighted by Gasteiger charge is 2.27. The highest BCUT2D eigenvalue weighted by atomic mass is 16.5. The molecule has 2 aromatic carbocycles. The van der Waals surface area contributed by atoms with Crippen LogP contribution in [0.15, 0.2) is 60.7 Å². The number of methoxy groups -OCH3 is 1. The minimum atomic E-state index is -0.382. The van der Waals surface area contributed by atoms with Gasteiger partial charge in [-0.1, -0.05) is 80.1 Å². The fraction of sp³-hybridized carbons (Fsp3) is 0.240. The zero-order valence-corrected chi connectivity index (χ0v) is 17.1. The van der Waals surface area contributed by atoms with E-state index in [0.29, 0.717) is 12.2 Å². The van der Waals surface area contributed by atoms with E-state index in [1.807, 2.05) is 79.7 Å². The van der Waals surface area contributed by atoms with E-state index in [9.17, 15) is 4.79 Å². The first-order chi connectivity index (χ1) is 14.1. The molecule has 1 atom stereocenters. The molecule has 0 bridgehead atoms. The second-order valence-electron chi connectivity index (χ2n) is 6.90. The molecular weight excluding hydrogens is 360 g/mol. The minimum absolute atomic E-state index is 0.247. The first kappa shape index (κ1) is 20.5. The smallest absolute Gasteiger partial charge is 0.313 e. The molecule has 29 heavy (non-hydrogen) atoms. The molecule has 1 heterocycles. The molecule has 3 aromatic rings. The second-order valence-corrected chi connectivity index (χ2v) is 6.90. The summed E-state index contributed by atoms with van der Waals surface area (Å²) in [4.78, 5) is 22.1. The lowest BCUT2D eigenvalue weighted by Gasteiger charge is -2.20. The Balaban J connectivity index is 2.13. The zero-order valence-electron chi connectivity index (χ0n) is 17.1. The van der Waals surface area contributed by atoms with Gasteiger partial charge in [-0.2, -0.15) is 0 Å². The molecule has 0 fully saturated rings. The second kappa shape index (κ2) is 9.78. The monoisotopic (exact) mass is 386 g/mol. The zero-order chi connectivity index (χ0) is 20.6. The van der Waals surface area contributed by atoms with Crippen molar-refractivity contribution in [1.82, 2.24) is 9.97 Å². The van der Waals surface area contributed by atoms with Crippen molar-refractivity contribution in [2.24, 2.45) is 0 Å². The van der Waals surface area contributed by atoms with Crippen LogP contribution < -0.4 is 0 Å². The van der Waals surface area contributed by atoms with Crippen LogP contribution >= 0.6 is 0 Å². The fourth-order valence-corrected chi connectivity index (χ4v) is 3.46. The predicted octanol–water partition coefficient (Wildman–Crippen LogP) is 5.68. The van der Waals surface area contributed by atoms with Gasteiger partial charge in [0, 0.05) is 16.8 Å².